The SMILES string of the molecule is CC(=O)c1c[nH]c(C(=O)N2CCN(CC(=O)Nc3cccc(C)c3C)CC2)c1. The molecule has 1 aromatic heterocycles. The Hall–Kier alpha value is -2.93. The number of nitrogens with zero attached hydrogens (tertiary/aromatic N) is 2. The smallest absolute Gasteiger partial charge is 0.270 e. The maximum atomic E-state index is 12.6. The minimum Gasteiger partial charge on any atom is -0.356 e. The van der Waals surface area contributed by atoms with Gasteiger partial charge >= 0.3 is 0 Å². The first-order chi connectivity index (χ1) is 13.3. The zero-order chi connectivity index (χ0) is 20.3. The zero-order valence-corrected chi connectivity index (χ0v) is 16.5. The van der Waals surface area contributed by atoms with Crippen LogP contribution in [0.4, 0.5) is 5.69 Å². The summed E-state index contributed by atoms with van der Waals surface area (Å²) in [6, 6.07) is 7.45. The number of aryl methyl sites for hydroxylation is 1. The van der Waals surface area contributed by atoms with Gasteiger partial charge in [0.15, 0.2) is 5.78 Å². The number of amides is 2. The van der Waals surface area contributed by atoms with E-state index in [9.17, 15) is 14.4 Å². The van der Waals surface area contributed by atoms with Crippen molar-refractivity contribution in [1.82, 2.24) is 14.8 Å². The molecule has 0 saturated carbocycles. The second kappa shape index (κ2) is 8.39. The van der Waals surface area contributed by atoms with E-state index >= 15 is 0 Å². The van der Waals surface area contributed by atoms with E-state index in [1.54, 1.807) is 17.2 Å². The minimum atomic E-state index is -0.119. The molecule has 148 valence electrons. The Balaban J connectivity index is 1.50. The van der Waals surface area contributed by atoms with Crippen molar-refractivity contribution in [3.05, 3.63) is 52.8 Å². The van der Waals surface area contributed by atoms with Gasteiger partial charge in [-0.3, -0.25) is 19.3 Å². The summed E-state index contributed by atoms with van der Waals surface area (Å²) in [6.07, 6.45) is 1.56. The lowest BCUT2D eigenvalue weighted by molar-refractivity contribution is -0.117. The normalized spacial score (nSPS) is 14.8. The molecule has 1 fully saturated rings. The van der Waals surface area contributed by atoms with Crippen molar-refractivity contribution in [2.75, 3.05) is 38.0 Å². The van der Waals surface area contributed by atoms with Crippen molar-refractivity contribution in [1.29, 1.82) is 0 Å². The lowest BCUT2D eigenvalue weighted by atomic mass is 10.1. The number of Topliss-reactive ketones (excluding diaryl/α,β-unsaturated/α-hetero) is 1. The van der Waals surface area contributed by atoms with Crippen LogP contribution in [-0.2, 0) is 4.79 Å². The summed E-state index contributed by atoms with van der Waals surface area (Å²) in [7, 11) is 0. The number of anilines is 1. The lowest BCUT2D eigenvalue weighted by Gasteiger charge is -2.34. The molecule has 2 heterocycles. The number of H-pyrrole nitrogens is 1. The van der Waals surface area contributed by atoms with E-state index in [2.05, 4.69) is 10.3 Å². The molecule has 0 radical (unpaired) electrons. The molecule has 28 heavy (non-hydrogen) atoms. The van der Waals surface area contributed by atoms with Gasteiger partial charge in [-0.1, -0.05) is 12.1 Å². The van der Waals surface area contributed by atoms with E-state index in [1.807, 2.05) is 36.9 Å². The molecular formula is C21H26N4O3. The molecule has 1 aliphatic rings. The van der Waals surface area contributed by atoms with Crippen molar-refractivity contribution in [2.45, 2.75) is 20.8 Å². The van der Waals surface area contributed by atoms with Crippen LogP contribution in [0.1, 0.15) is 38.9 Å². The van der Waals surface area contributed by atoms with Crippen LogP contribution in [0.15, 0.2) is 30.5 Å². The highest BCUT2D eigenvalue weighted by molar-refractivity contribution is 5.99. The molecule has 7 nitrogen and oxygen atoms in total. The number of hydrogen-bond donors (Lipinski definition) is 2. The van der Waals surface area contributed by atoms with Crippen molar-refractivity contribution in [2.24, 2.45) is 0 Å². The number of benzene rings is 1. The van der Waals surface area contributed by atoms with Gasteiger partial charge in [0.05, 0.1) is 6.54 Å². The number of ketones is 1. The Kier molecular flexibility index (Phi) is 5.94. The number of carbonyl (C=O) groups excluding carboxylic acids is 3. The lowest BCUT2D eigenvalue weighted by Crippen LogP contribution is -2.50. The molecule has 2 N–H and O–H groups in total. The topological polar surface area (TPSA) is 85.5 Å². The van der Waals surface area contributed by atoms with E-state index in [4.69, 9.17) is 0 Å². The quantitative estimate of drug-likeness (QED) is 0.777. The Morgan fingerprint density at radius 2 is 1.82 bits per heavy atom. The number of piperazine rings is 1. The van der Waals surface area contributed by atoms with Gasteiger partial charge in [0, 0.05) is 43.6 Å². The van der Waals surface area contributed by atoms with Crippen LogP contribution in [0.2, 0.25) is 0 Å². The Morgan fingerprint density at radius 1 is 1.11 bits per heavy atom. The van der Waals surface area contributed by atoms with E-state index in [0.29, 0.717) is 44.0 Å². The van der Waals surface area contributed by atoms with Crippen LogP contribution in [0.25, 0.3) is 0 Å². The number of aromatic nitrogens is 1. The van der Waals surface area contributed by atoms with E-state index < -0.39 is 0 Å². The maximum Gasteiger partial charge on any atom is 0.270 e. The summed E-state index contributed by atoms with van der Waals surface area (Å²) in [4.78, 5) is 43.0. The van der Waals surface area contributed by atoms with Crippen LogP contribution < -0.4 is 5.32 Å². The average molecular weight is 382 g/mol. The highest BCUT2D eigenvalue weighted by atomic mass is 16.2. The number of hydrogen-bond acceptors (Lipinski definition) is 4. The fraction of sp³-hybridized carbons (Fsp3) is 0.381. The summed E-state index contributed by atoms with van der Waals surface area (Å²) in [5.41, 5.74) is 3.98. The van der Waals surface area contributed by atoms with E-state index in [-0.39, 0.29) is 17.6 Å². The molecule has 1 aromatic carbocycles. The van der Waals surface area contributed by atoms with Gasteiger partial charge in [-0.05, 0) is 44.0 Å². The average Bonchev–Trinajstić information content (AvgIpc) is 3.16. The molecular weight excluding hydrogens is 356 g/mol. The monoisotopic (exact) mass is 382 g/mol. The molecule has 1 saturated heterocycles. The molecule has 7 heteroatoms. The third-order valence-corrected chi connectivity index (χ3v) is 5.23. The Labute approximate surface area is 164 Å². The second-order valence-corrected chi connectivity index (χ2v) is 7.22. The van der Waals surface area contributed by atoms with Gasteiger partial charge in [-0.2, -0.15) is 0 Å². The first-order valence-electron chi connectivity index (χ1n) is 9.42. The van der Waals surface area contributed by atoms with Gasteiger partial charge in [-0.25, -0.2) is 0 Å². The summed E-state index contributed by atoms with van der Waals surface area (Å²) in [6.45, 7) is 8.14. The van der Waals surface area contributed by atoms with Gasteiger partial charge in [-0.15, -0.1) is 0 Å². The highest BCUT2D eigenvalue weighted by Crippen LogP contribution is 2.18. The number of rotatable bonds is 5. The van der Waals surface area contributed by atoms with Gasteiger partial charge in [0.25, 0.3) is 5.91 Å². The molecule has 2 aromatic rings. The second-order valence-electron chi connectivity index (χ2n) is 7.22. The van der Waals surface area contributed by atoms with Crippen LogP contribution in [0.3, 0.4) is 0 Å². The van der Waals surface area contributed by atoms with Crippen molar-refractivity contribution in [3.8, 4) is 0 Å². The molecule has 2 amide bonds. The van der Waals surface area contributed by atoms with Crippen LogP contribution in [0, 0.1) is 13.8 Å². The highest BCUT2D eigenvalue weighted by Gasteiger charge is 2.24. The molecule has 0 atom stereocenters. The van der Waals surface area contributed by atoms with Gasteiger partial charge < -0.3 is 15.2 Å². The molecule has 0 aliphatic carbocycles. The standard InChI is InChI=1S/C21H26N4O3/c1-14-5-4-6-18(15(14)2)23-20(27)13-24-7-9-25(10-8-24)21(28)19-11-17(12-22-19)16(3)26/h4-6,11-12,22H,7-10,13H2,1-3H3,(H,23,27). The Bertz CT molecular complexity index is 895. The van der Waals surface area contributed by atoms with E-state index in [0.717, 1.165) is 16.8 Å². The van der Waals surface area contributed by atoms with Crippen molar-refractivity contribution >= 4 is 23.3 Å². The molecule has 0 bridgehead atoms. The zero-order valence-electron chi connectivity index (χ0n) is 16.5. The van der Waals surface area contributed by atoms with Gasteiger partial charge in [0.2, 0.25) is 5.91 Å². The summed E-state index contributed by atoms with van der Waals surface area (Å²) < 4.78 is 0. The van der Waals surface area contributed by atoms with Crippen molar-refractivity contribution < 1.29 is 14.4 Å². The largest absolute Gasteiger partial charge is 0.356 e. The molecule has 1 aliphatic heterocycles. The number of aromatic amines is 1. The third-order valence-electron chi connectivity index (χ3n) is 5.23. The Morgan fingerprint density at radius 3 is 2.46 bits per heavy atom. The number of carbonyl (C=O) groups is 3. The number of nitrogens with one attached hydrogen (secondary N) is 2. The predicted molar refractivity (Wildman–Crippen MR) is 108 cm³/mol. The first kappa shape index (κ1) is 19.8. The fourth-order valence-corrected chi connectivity index (χ4v) is 3.28. The van der Waals surface area contributed by atoms with Crippen LogP contribution in [0.5, 0.6) is 0 Å². The summed E-state index contributed by atoms with van der Waals surface area (Å²) >= 11 is 0. The molecule has 0 unspecified atom stereocenters. The first-order valence-corrected chi connectivity index (χ1v) is 9.42. The van der Waals surface area contributed by atoms with Crippen LogP contribution in [-0.4, -0.2) is 65.1 Å². The maximum absolute atomic E-state index is 12.6. The fourth-order valence-electron chi connectivity index (χ4n) is 3.28. The van der Waals surface area contributed by atoms with Gasteiger partial charge in [0.1, 0.15) is 5.69 Å². The molecule has 3 rings (SSSR count). The third kappa shape index (κ3) is 4.48. The summed E-state index contributed by atoms with van der Waals surface area (Å²) in [5, 5.41) is 2.97. The van der Waals surface area contributed by atoms with Crippen LogP contribution >= 0.6 is 0 Å². The predicted octanol–water partition coefficient (Wildman–Crippen LogP) is 2.23. The molecule has 0 spiro atoms. The summed E-state index contributed by atoms with van der Waals surface area (Å²) in [5.74, 6) is -0.245. The van der Waals surface area contributed by atoms with E-state index in [1.165, 1.54) is 6.92 Å². The van der Waals surface area contributed by atoms with Crippen molar-refractivity contribution in [3.63, 3.8) is 0 Å². The minimum absolute atomic E-state index is 0.0519.